The van der Waals surface area contributed by atoms with Gasteiger partial charge in [0.25, 0.3) is 0 Å². The lowest BCUT2D eigenvalue weighted by Crippen LogP contribution is -2.46. The summed E-state index contributed by atoms with van der Waals surface area (Å²) in [5.41, 5.74) is 0.945. The van der Waals surface area contributed by atoms with Gasteiger partial charge in [0, 0.05) is 32.4 Å². The van der Waals surface area contributed by atoms with Crippen LogP contribution < -0.4 is 10.6 Å². The molecule has 2 N–H and O–H groups in total. The van der Waals surface area contributed by atoms with Gasteiger partial charge >= 0.3 is 6.09 Å². The van der Waals surface area contributed by atoms with Crippen LogP contribution in [0.5, 0.6) is 0 Å². The number of rotatable bonds is 8. The molecule has 3 saturated heterocycles. The molecule has 0 saturated carbocycles. The molecule has 0 aromatic rings. The lowest BCUT2D eigenvalue weighted by molar-refractivity contribution is -0.187. The van der Waals surface area contributed by atoms with Gasteiger partial charge in [0.05, 0.1) is 43.2 Å². The Hall–Kier alpha value is -2.20. The van der Waals surface area contributed by atoms with Crippen LogP contribution in [0.4, 0.5) is 4.79 Å². The van der Waals surface area contributed by atoms with Gasteiger partial charge in [0.1, 0.15) is 6.10 Å². The van der Waals surface area contributed by atoms with Crippen molar-refractivity contribution < 1.29 is 33.3 Å². The Morgan fingerprint density at radius 1 is 1.21 bits per heavy atom. The van der Waals surface area contributed by atoms with Crippen LogP contribution >= 0.6 is 0 Å². The minimum Gasteiger partial charge on any atom is -0.442 e. The lowest BCUT2D eigenvalue weighted by atomic mass is 9.85. The quantitative estimate of drug-likeness (QED) is 0.314. The molecule has 34 heavy (non-hydrogen) atoms. The summed E-state index contributed by atoms with van der Waals surface area (Å²) in [4.78, 5) is 23.2. The van der Waals surface area contributed by atoms with E-state index in [0.717, 1.165) is 25.0 Å². The first kappa shape index (κ1) is 26.4. The summed E-state index contributed by atoms with van der Waals surface area (Å²) in [6, 6.07) is -0.239. The van der Waals surface area contributed by atoms with E-state index in [1.165, 1.54) is 19.2 Å². The molecular formula is C25H38N2O7. The summed E-state index contributed by atoms with van der Waals surface area (Å²) in [6.07, 6.45) is 10.2. The predicted molar refractivity (Wildman–Crippen MR) is 126 cm³/mol. The zero-order chi connectivity index (χ0) is 24.8. The number of epoxide rings is 1. The van der Waals surface area contributed by atoms with Crippen LogP contribution in [0.1, 0.15) is 47.0 Å². The van der Waals surface area contributed by atoms with Gasteiger partial charge in [-0.25, -0.2) is 4.79 Å². The molecule has 9 heteroatoms. The number of hydrogen-bond acceptors (Lipinski definition) is 7. The topological polar surface area (TPSA) is 108 Å². The molecule has 3 rings (SSSR count). The highest BCUT2D eigenvalue weighted by Gasteiger charge is 2.53. The van der Waals surface area contributed by atoms with Crippen LogP contribution in [0.2, 0.25) is 0 Å². The van der Waals surface area contributed by atoms with Gasteiger partial charge < -0.3 is 34.3 Å². The van der Waals surface area contributed by atoms with Crippen LogP contribution in [-0.4, -0.2) is 74.6 Å². The van der Waals surface area contributed by atoms with E-state index in [1.807, 2.05) is 6.92 Å². The van der Waals surface area contributed by atoms with Gasteiger partial charge in [0.2, 0.25) is 5.91 Å². The molecule has 9 nitrogen and oxygen atoms in total. The Morgan fingerprint density at radius 3 is 2.56 bits per heavy atom. The molecule has 3 atom stereocenters. The predicted octanol–water partition coefficient (Wildman–Crippen LogP) is 2.76. The van der Waals surface area contributed by atoms with Gasteiger partial charge in [-0.15, -0.1) is 0 Å². The Labute approximate surface area is 201 Å². The van der Waals surface area contributed by atoms with Crippen LogP contribution in [-0.2, 0) is 28.5 Å². The van der Waals surface area contributed by atoms with E-state index in [2.05, 4.69) is 42.7 Å². The number of alkyl carbamates (subject to hydrolysis) is 1. The maximum atomic E-state index is 12.1. The summed E-state index contributed by atoms with van der Waals surface area (Å²) in [5.74, 6) is -0.296. The van der Waals surface area contributed by atoms with E-state index < -0.39 is 12.2 Å². The number of carbonyl (C=O) groups excluding carboxylic acids is 2. The number of nitrogens with one attached hydrogen (secondary N) is 2. The molecule has 3 fully saturated rings. The average Bonchev–Trinajstić information content (AvgIpc) is 3.51. The molecule has 190 valence electrons. The van der Waals surface area contributed by atoms with E-state index in [-0.39, 0.29) is 35.5 Å². The molecule has 3 heterocycles. The van der Waals surface area contributed by atoms with Crippen molar-refractivity contribution in [2.75, 3.05) is 26.9 Å². The number of hydrogen-bond donors (Lipinski definition) is 2. The molecule has 1 spiro atoms. The van der Waals surface area contributed by atoms with Crippen molar-refractivity contribution in [1.29, 1.82) is 0 Å². The molecule has 3 aliphatic heterocycles. The second kappa shape index (κ2) is 11.5. The van der Waals surface area contributed by atoms with Crippen molar-refractivity contribution in [3.63, 3.8) is 0 Å². The summed E-state index contributed by atoms with van der Waals surface area (Å²) in [5, 5.41) is 5.17. The molecule has 0 aromatic heterocycles. The average molecular weight is 479 g/mol. The van der Waals surface area contributed by atoms with E-state index in [4.69, 9.17) is 23.7 Å². The Kier molecular flexibility index (Phi) is 8.92. The highest BCUT2D eigenvalue weighted by atomic mass is 16.7. The fourth-order valence-corrected chi connectivity index (χ4v) is 4.25. The van der Waals surface area contributed by atoms with E-state index in [9.17, 15) is 9.59 Å². The normalized spacial score (nSPS) is 32.0. The zero-order valence-corrected chi connectivity index (χ0v) is 20.8. The zero-order valence-electron chi connectivity index (χ0n) is 20.8. The van der Waals surface area contributed by atoms with Gasteiger partial charge in [-0.2, -0.15) is 0 Å². The highest BCUT2D eigenvalue weighted by molar-refractivity contribution is 5.87. The molecule has 1 unspecified atom stereocenters. The standard InChI is InChI=1S/C25H38N2O7/c1-17(6-9-20-12-25(16-32-25)15-24(3,4)34-20)7-11-22-30-13-19(14-31-22)27-21(28)10-8-18(2)33-23(29)26-5/h6-10,18-20,22H,11-16H2,1-5H3,(H,26,29)(H,27,28)/b9-6+,10-8-,17-7+/t18-,19-,20?,22+,25+/m0/s1. The summed E-state index contributed by atoms with van der Waals surface area (Å²) >= 11 is 0. The molecule has 0 bridgehead atoms. The maximum Gasteiger partial charge on any atom is 0.407 e. The van der Waals surface area contributed by atoms with Crippen molar-refractivity contribution in [1.82, 2.24) is 10.6 Å². The van der Waals surface area contributed by atoms with Crippen molar-refractivity contribution in [3.8, 4) is 0 Å². The largest absolute Gasteiger partial charge is 0.442 e. The summed E-state index contributed by atoms with van der Waals surface area (Å²) in [7, 11) is 1.47. The Balaban J connectivity index is 1.35. The first-order valence-electron chi connectivity index (χ1n) is 11.9. The van der Waals surface area contributed by atoms with Gasteiger partial charge in [-0.1, -0.05) is 23.8 Å². The molecular weight excluding hydrogens is 440 g/mol. The third-order valence-corrected chi connectivity index (χ3v) is 5.88. The molecule has 3 aliphatic rings. The molecule has 2 amide bonds. The lowest BCUT2D eigenvalue weighted by Gasteiger charge is -2.38. The summed E-state index contributed by atoms with van der Waals surface area (Å²) in [6.45, 7) is 9.51. The number of amides is 2. The summed E-state index contributed by atoms with van der Waals surface area (Å²) < 4.78 is 28.4. The molecule has 0 aromatic carbocycles. The van der Waals surface area contributed by atoms with Crippen molar-refractivity contribution in [3.05, 3.63) is 36.0 Å². The van der Waals surface area contributed by atoms with Crippen molar-refractivity contribution in [2.24, 2.45) is 0 Å². The third-order valence-electron chi connectivity index (χ3n) is 5.88. The fraction of sp³-hybridized carbons (Fsp3) is 0.680. The van der Waals surface area contributed by atoms with Gasteiger partial charge in [-0.3, -0.25) is 4.79 Å². The minimum atomic E-state index is -0.551. The van der Waals surface area contributed by atoms with Crippen LogP contribution in [0, 0.1) is 0 Å². The number of allylic oxidation sites excluding steroid dienone is 2. The van der Waals surface area contributed by atoms with Gasteiger partial charge in [-0.05, 0) is 33.8 Å². The van der Waals surface area contributed by atoms with Crippen LogP contribution in [0.15, 0.2) is 36.0 Å². The SMILES string of the molecule is CNC(=O)O[C@@H](C)/C=C\C(=O)N[C@H]1CO[C@@H](C/C=C(C)/C=C/C2C[C@]3(CO3)CC(C)(C)O2)OC1. The first-order chi connectivity index (χ1) is 16.1. The molecule has 0 radical (unpaired) electrons. The van der Waals surface area contributed by atoms with E-state index >= 15 is 0 Å². The van der Waals surface area contributed by atoms with E-state index in [0.29, 0.717) is 19.6 Å². The fourth-order valence-electron chi connectivity index (χ4n) is 4.25. The molecule has 0 aliphatic carbocycles. The minimum absolute atomic E-state index is 0.0114. The highest BCUT2D eigenvalue weighted by Crippen LogP contribution is 2.46. The maximum absolute atomic E-state index is 12.1. The Morgan fingerprint density at radius 2 is 1.91 bits per heavy atom. The smallest absolute Gasteiger partial charge is 0.407 e. The first-order valence-corrected chi connectivity index (χ1v) is 11.9. The second-order valence-electron chi connectivity index (χ2n) is 9.83. The Bertz CT molecular complexity index is 802. The van der Waals surface area contributed by atoms with E-state index in [1.54, 1.807) is 6.92 Å². The third kappa shape index (κ3) is 8.54. The second-order valence-corrected chi connectivity index (χ2v) is 9.83. The van der Waals surface area contributed by atoms with Crippen molar-refractivity contribution >= 4 is 12.0 Å². The monoisotopic (exact) mass is 478 g/mol. The van der Waals surface area contributed by atoms with Crippen molar-refractivity contribution in [2.45, 2.75) is 82.7 Å². The van der Waals surface area contributed by atoms with Crippen LogP contribution in [0.25, 0.3) is 0 Å². The number of ether oxygens (including phenoxy) is 5. The van der Waals surface area contributed by atoms with Gasteiger partial charge in [0.15, 0.2) is 6.29 Å². The number of carbonyl (C=O) groups is 2. The van der Waals surface area contributed by atoms with Crippen LogP contribution in [0.3, 0.4) is 0 Å².